The minimum Gasteiger partial charge on any atom is -0.489 e. The first-order valence-electron chi connectivity index (χ1n) is 4.88. The number of benzene rings is 1. The highest BCUT2D eigenvalue weighted by atomic mass is 79.9. The molecule has 0 radical (unpaired) electrons. The quantitative estimate of drug-likeness (QED) is 0.843. The Morgan fingerprint density at radius 1 is 1.38 bits per heavy atom. The van der Waals surface area contributed by atoms with Crippen LogP contribution in [0.5, 0.6) is 5.75 Å². The maximum Gasteiger partial charge on any atom is 0.154 e. The molecule has 6 heteroatoms. The van der Waals surface area contributed by atoms with E-state index in [0.717, 1.165) is 4.47 Å². The third kappa shape index (κ3) is 2.89. The van der Waals surface area contributed by atoms with Gasteiger partial charge in [-0.15, -0.1) is 0 Å². The van der Waals surface area contributed by atoms with Gasteiger partial charge in [0, 0.05) is 16.2 Å². The van der Waals surface area contributed by atoms with Crippen LogP contribution in [0.1, 0.15) is 6.42 Å². The number of nitrogens with two attached hydrogens (primary N) is 1. The van der Waals surface area contributed by atoms with Crippen LogP contribution in [0.25, 0.3) is 0 Å². The van der Waals surface area contributed by atoms with Crippen LogP contribution in [0.2, 0.25) is 0 Å². The molecule has 16 heavy (non-hydrogen) atoms. The minimum absolute atomic E-state index is 0.0966. The molecule has 0 saturated carbocycles. The second-order valence-electron chi connectivity index (χ2n) is 3.86. The lowest BCUT2D eigenvalue weighted by Gasteiger charge is -2.12. The summed E-state index contributed by atoms with van der Waals surface area (Å²) >= 11 is 3.31. The molecule has 1 aliphatic rings. The summed E-state index contributed by atoms with van der Waals surface area (Å²) in [6.07, 6.45) is 0.299. The maximum atomic E-state index is 11.3. The normalized spacial score (nSPS) is 23.2. The zero-order valence-electron chi connectivity index (χ0n) is 8.52. The molecular formula is C10H12BrNO3S. The van der Waals surface area contributed by atoms with Gasteiger partial charge in [-0.3, -0.25) is 0 Å². The molecule has 1 fully saturated rings. The third-order valence-corrected chi connectivity index (χ3v) is 4.58. The number of halogens is 1. The van der Waals surface area contributed by atoms with Crippen molar-refractivity contribution in [3.63, 3.8) is 0 Å². The number of nitrogen functional groups attached to an aromatic ring is 1. The van der Waals surface area contributed by atoms with Crippen molar-refractivity contribution >= 4 is 31.5 Å². The zero-order valence-corrected chi connectivity index (χ0v) is 10.9. The summed E-state index contributed by atoms with van der Waals surface area (Å²) in [6, 6.07) is 5.23. The first-order chi connectivity index (χ1) is 7.44. The van der Waals surface area contributed by atoms with Gasteiger partial charge in [0.15, 0.2) is 9.84 Å². The lowest BCUT2D eigenvalue weighted by molar-refractivity contribution is 0.229. The van der Waals surface area contributed by atoms with Gasteiger partial charge in [-0.05, 0) is 18.6 Å². The van der Waals surface area contributed by atoms with Crippen LogP contribution in [0.15, 0.2) is 22.7 Å². The average Bonchev–Trinajstić information content (AvgIpc) is 2.43. The van der Waals surface area contributed by atoms with E-state index in [0.29, 0.717) is 17.9 Å². The molecule has 88 valence electrons. The summed E-state index contributed by atoms with van der Waals surface area (Å²) in [4.78, 5) is 0. The fraction of sp³-hybridized carbons (Fsp3) is 0.400. The predicted octanol–water partition coefficient (Wildman–Crippen LogP) is 1.60. The van der Waals surface area contributed by atoms with Crippen molar-refractivity contribution in [3.8, 4) is 5.75 Å². The lowest BCUT2D eigenvalue weighted by atomic mass is 10.3. The minimum atomic E-state index is -2.90. The molecule has 1 saturated heterocycles. The van der Waals surface area contributed by atoms with Gasteiger partial charge in [0.2, 0.25) is 0 Å². The first kappa shape index (κ1) is 11.7. The van der Waals surface area contributed by atoms with Crippen LogP contribution < -0.4 is 10.5 Å². The topological polar surface area (TPSA) is 69.4 Å². The van der Waals surface area contributed by atoms with Gasteiger partial charge < -0.3 is 10.5 Å². The average molecular weight is 306 g/mol. The molecule has 1 aromatic carbocycles. The number of ether oxygens (including phenoxy) is 1. The highest BCUT2D eigenvalue weighted by Gasteiger charge is 2.29. The van der Waals surface area contributed by atoms with Gasteiger partial charge in [-0.1, -0.05) is 15.9 Å². The number of hydrogen-bond donors (Lipinski definition) is 1. The smallest absolute Gasteiger partial charge is 0.154 e. The fourth-order valence-corrected chi connectivity index (χ4v) is 3.78. The third-order valence-electron chi connectivity index (χ3n) is 2.39. The molecular weight excluding hydrogens is 294 g/mol. The Morgan fingerprint density at radius 3 is 2.69 bits per heavy atom. The number of sulfone groups is 1. The van der Waals surface area contributed by atoms with Crippen LogP contribution in [0.4, 0.5) is 5.69 Å². The van der Waals surface area contributed by atoms with Crippen LogP contribution in [-0.4, -0.2) is 26.0 Å². The Bertz CT molecular complexity index is 481. The van der Waals surface area contributed by atoms with E-state index in [9.17, 15) is 8.42 Å². The molecule has 1 aromatic rings. The Hall–Kier alpha value is -0.750. The number of hydrogen-bond acceptors (Lipinski definition) is 4. The largest absolute Gasteiger partial charge is 0.489 e. The Morgan fingerprint density at radius 2 is 2.12 bits per heavy atom. The molecule has 2 rings (SSSR count). The van der Waals surface area contributed by atoms with Crippen LogP contribution >= 0.6 is 15.9 Å². The molecule has 1 atom stereocenters. The lowest BCUT2D eigenvalue weighted by Crippen LogP contribution is -2.17. The van der Waals surface area contributed by atoms with E-state index in [4.69, 9.17) is 10.5 Å². The Balaban J connectivity index is 2.10. The molecule has 0 aromatic heterocycles. The van der Waals surface area contributed by atoms with Gasteiger partial charge in [0.05, 0.1) is 11.5 Å². The van der Waals surface area contributed by atoms with Crippen LogP contribution in [-0.2, 0) is 9.84 Å². The Labute approximate surface area is 103 Å². The molecule has 1 aliphatic heterocycles. The van der Waals surface area contributed by atoms with Gasteiger partial charge in [0.25, 0.3) is 0 Å². The summed E-state index contributed by atoms with van der Waals surface area (Å²) in [5.41, 5.74) is 6.25. The monoisotopic (exact) mass is 305 g/mol. The van der Waals surface area contributed by atoms with Crippen LogP contribution in [0.3, 0.4) is 0 Å². The van der Waals surface area contributed by atoms with Gasteiger partial charge in [0.1, 0.15) is 11.9 Å². The van der Waals surface area contributed by atoms with E-state index < -0.39 is 9.84 Å². The molecule has 0 amide bonds. The number of anilines is 1. The molecule has 4 nitrogen and oxygen atoms in total. The summed E-state index contributed by atoms with van der Waals surface area (Å²) in [5, 5.41) is 0. The zero-order chi connectivity index (χ0) is 11.8. The van der Waals surface area contributed by atoms with E-state index in [2.05, 4.69) is 15.9 Å². The van der Waals surface area contributed by atoms with E-state index in [1.165, 1.54) is 0 Å². The van der Waals surface area contributed by atoms with Gasteiger partial charge in [-0.2, -0.15) is 0 Å². The summed E-state index contributed by atoms with van der Waals surface area (Å²) in [6.45, 7) is 0. The highest BCUT2D eigenvalue weighted by molar-refractivity contribution is 9.10. The van der Waals surface area contributed by atoms with Crippen molar-refractivity contribution in [2.45, 2.75) is 12.5 Å². The van der Waals surface area contributed by atoms with Crippen molar-refractivity contribution in [2.24, 2.45) is 0 Å². The van der Waals surface area contributed by atoms with E-state index in [1.54, 1.807) is 18.2 Å². The summed E-state index contributed by atoms with van der Waals surface area (Å²) in [5.74, 6) is 0.912. The van der Waals surface area contributed by atoms with E-state index >= 15 is 0 Å². The molecule has 2 N–H and O–H groups in total. The number of rotatable bonds is 2. The van der Waals surface area contributed by atoms with Crippen molar-refractivity contribution in [1.29, 1.82) is 0 Å². The molecule has 0 bridgehead atoms. The second-order valence-corrected chi connectivity index (χ2v) is 7.01. The molecule has 0 aliphatic carbocycles. The predicted molar refractivity (Wildman–Crippen MR) is 66.2 cm³/mol. The summed E-state index contributed by atoms with van der Waals surface area (Å²) in [7, 11) is -2.90. The van der Waals surface area contributed by atoms with E-state index in [1.807, 2.05) is 0 Å². The maximum absolute atomic E-state index is 11.3. The van der Waals surface area contributed by atoms with Gasteiger partial charge in [-0.25, -0.2) is 8.42 Å². The molecule has 0 spiro atoms. The first-order valence-corrected chi connectivity index (χ1v) is 7.49. The fourth-order valence-electron chi connectivity index (χ4n) is 1.70. The van der Waals surface area contributed by atoms with Crippen molar-refractivity contribution < 1.29 is 13.2 Å². The van der Waals surface area contributed by atoms with Crippen LogP contribution in [0, 0.1) is 0 Å². The van der Waals surface area contributed by atoms with Crippen molar-refractivity contribution in [2.75, 3.05) is 17.2 Å². The standard InChI is InChI=1S/C10H12BrNO3S/c11-7-3-8(12)5-10(4-7)15-9-1-2-16(13,14)6-9/h3-5,9H,1-2,6,12H2. The Kier molecular flexibility index (Phi) is 3.12. The van der Waals surface area contributed by atoms with Crippen molar-refractivity contribution in [1.82, 2.24) is 0 Å². The van der Waals surface area contributed by atoms with E-state index in [-0.39, 0.29) is 17.6 Å². The van der Waals surface area contributed by atoms with Gasteiger partial charge >= 0.3 is 0 Å². The second kappa shape index (κ2) is 4.25. The highest BCUT2D eigenvalue weighted by Crippen LogP contribution is 2.25. The summed E-state index contributed by atoms with van der Waals surface area (Å²) < 4.78 is 28.9. The SMILES string of the molecule is Nc1cc(Br)cc(OC2CCS(=O)(=O)C2)c1. The van der Waals surface area contributed by atoms with Crippen molar-refractivity contribution in [3.05, 3.63) is 22.7 Å². The molecule has 1 heterocycles. The molecule has 1 unspecified atom stereocenters.